The number of amides is 2. The zero-order valence-electron chi connectivity index (χ0n) is 11.3. The van der Waals surface area contributed by atoms with Gasteiger partial charge in [-0.25, -0.2) is 0 Å². The van der Waals surface area contributed by atoms with E-state index in [-0.39, 0.29) is 18.4 Å². The van der Waals surface area contributed by atoms with Gasteiger partial charge in [0.15, 0.2) is 6.61 Å². The van der Waals surface area contributed by atoms with Crippen LogP contribution in [0.1, 0.15) is 15.9 Å². The molecule has 106 valence electrons. The van der Waals surface area contributed by atoms with Crippen molar-refractivity contribution in [1.82, 2.24) is 5.32 Å². The van der Waals surface area contributed by atoms with E-state index in [1.54, 1.807) is 24.3 Å². The van der Waals surface area contributed by atoms with E-state index in [1.807, 2.05) is 24.3 Å². The van der Waals surface area contributed by atoms with Gasteiger partial charge in [0.1, 0.15) is 5.75 Å². The third-order valence-electron chi connectivity index (χ3n) is 3.17. The van der Waals surface area contributed by atoms with Gasteiger partial charge in [-0.3, -0.25) is 9.59 Å². The molecular formula is C16H14N2O3. The Labute approximate surface area is 121 Å². The van der Waals surface area contributed by atoms with Crippen molar-refractivity contribution in [3.8, 4) is 5.75 Å². The van der Waals surface area contributed by atoms with E-state index in [0.717, 1.165) is 5.56 Å². The molecule has 2 amide bonds. The van der Waals surface area contributed by atoms with Crippen LogP contribution in [0.5, 0.6) is 5.75 Å². The highest BCUT2D eigenvalue weighted by atomic mass is 16.5. The highest BCUT2D eigenvalue weighted by Gasteiger charge is 2.16. The Hall–Kier alpha value is -2.82. The molecule has 0 fully saturated rings. The predicted molar refractivity (Wildman–Crippen MR) is 78.2 cm³/mol. The summed E-state index contributed by atoms with van der Waals surface area (Å²) in [6.45, 7) is 0.425. The van der Waals surface area contributed by atoms with Gasteiger partial charge >= 0.3 is 0 Å². The standard InChI is InChI=1S/C16H14N2O3/c19-15-10-21-14-7-6-11(8-13(14)18-15)9-17-16(20)12-4-2-1-3-5-12/h1-8H,9-10H2,(H,17,20)(H,18,19). The zero-order chi connectivity index (χ0) is 14.7. The lowest BCUT2D eigenvalue weighted by molar-refractivity contribution is -0.118. The molecule has 2 aromatic carbocycles. The summed E-state index contributed by atoms with van der Waals surface area (Å²) >= 11 is 0. The first-order chi connectivity index (χ1) is 10.2. The molecule has 0 spiro atoms. The molecule has 5 heteroatoms. The van der Waals surface area contributed by atoms with Gasteiger partial charge in [-0.1, -0.05) is 24.3 Å². The molecule has 1 aliphatic heterocycles. The van der Waals surface area contributed by atoms with Crippen molar-refractivity contribution in [3.05, 3.63) is 59.7 Å². The average molecular weight is 282 g/mol. The molecule has 5 nitrogen and oxygen atoms in total. The summed E-state index contributed by atoms with van der Waals surface area (Å²) < 4.78 is 5.29. The summed E-state index contributed by atoms with van der Waals surface area (Å²) in [4.78, 5) is 23.2. The fraction of sp³-hybridized carbons (Fsp3) is 0.125. The average Bonchev–Trinajstić information content (AvgIpc) is 2.53. The van der Waals surface area contributed by atoms with Crippen LogP contribution >= 0.6 is 0 Å². The second-order valence-corrected chi connectivity index (χ2v) is 4.72. The number of fused-ring (bicyclic) bond motifs is 1. The summed E-state index contributed by atoms with van der Waals surface area (Å²) in [5.41, 5.74) is 2.15. The third-order valence-corrected chi connectivity index (χ3v) is 3.17. The number of ether oxygens (including phenoxy) is 1. The van der Waals surface area contributed by atoms with E-state index in [1.165, 1.54) is 0 Å². The van der Waals surface area contributed by atoms with Crippen molar-refractivity contribution in [3.63, 3.8) is 0 Å². The monoisotopic (exact) mass is 282 g/mol. The van der Waals surface area contributed by atoms with Gasteiger partial charge in [-0.05, 0) is 29.8 Å². The van der Waals surface area contributed by atoms with E-state index in [2.05, 4.69) is 10.6 Å². The van der Waals surface area contributed by atoms with E-state index >= 15 is 0 Å². The SMILES string of the molecule is O=C1COc2ccc(CNC(=O)c3ccccc3)cc2N1. The number of anilines is 1. The van der Waals surface area contributed by atoms with Gasteiger partial charge in [0, 0.05) is 12.1 Å². The Morgan fingerprint density at radius 1 is 1.19 bits per heavy atom. The fourth-order valence-electron chi connectivity index (χ4n) is 2.11. The molecule has 0 aromatic heterocycles. The Kier molecular flexibility index (Phi) is 3.55. The van der Waals surface area contributed by atoms with Crippen LogP contribution in [0, 0.1) is 0 Å². The van der Waals surface area contributed by atoms with Crippen LogP contribution in [0.3, 0.4) is 0 Å². The van der Waals surface area contributed by atoms with E-state index in [9.17, 15) is 9.59 Å². The maximum atomic E-state index is 12.0. The quantitative estimate of drug-likeness (QED) is 0.904. The third kappa shape index (κ3) is 3.02. The fourth-order valence-corrected chi connectivity index (χ4v) is 2.11. The first-order valence-corrected chi connectivity index (χ1v) is 6.61. The Bertz CT molecular complexity index is 683. The zero-order valence-corrected chi connectivity index (χ0v) is 11.3. The van der Waals surface area contributed by atoms with Gasteiger partial charge in [-0.2, -0.15) is 0 Å². The van der Waals surface area contributed by atoms with Crippen LogP contribution in [0.4, 0.5) is 5.69 Å². The molecule has 0 unspecified atom stereocenters. The molecule has 0 bridgehead atoms. The van der Waals surface area contributed by atoms with Crippen molar-refractivity contribution >= 4 is 17.5 Å². The normalized spacial score (nSPS) is 12.9. The molecule has 21 heavy (non-hydrogen) atoms. The molecule has 2 N–H and O–H groups in total. The minimum atomic E-state index is -0.173. The van der Waals surface area contributed by atoms with Crippen LogP contribution in [0.2, 0.25) is 0 Å². The summed E-state index contributed by atoms with van der Waals surface area (Å²) in [5, 5.41) is 5.58. The van der Waals surface area contributed by atoms with Gasteiger partial charge < -0.3 is 15.4 Å². The topological polar surface area (TPSA) is 67.4 Å². The van der Waals surface area contributed by atoms with Crippen molar-refractivity contribution < 1.29 is 14.3 Å². The first-order valence-electron chi connectivity index (χ1n) is 6.61. The van der Waals surface area contributed by atoms with Gasteiger partial charge in [0.2, 0.25) is 0 Å². The van der Waals surface area contributed by atoms with Crippen LogP contribution in [0.25, 0.3) is 0 Å². The number of carbonyl (C=O) groups excluding carboxylic acids is 2. The van der Waals surface area contributed by atoms with Crippen LogP contribution in [-0.2, 0) is 11.3 Å². The van der Waals surface area contributed by atoms with Gasteiger partial charge in [0.05, 0.1) is 5.69 Å². The number of nitrogens with one attached hydrogen (secondary N) is 2. The molecule has 1 aliphatic rings. The molecular weight excluding hydrogens is 268 g/mol. The molecule has 2 aromatic rings. The largest absolute Gasteiger partial charge is 0.482 e. The molecule has 0 aliphatic carbocycles. The Morgan fingerprint density at radius 3 is 2.81 bits per heavy atom. The summed E-state index contributed by atoms with van der Waals surface area (Å²) in [5.74, 6) is 0.342. The second kappa shape index (κ2) is 5.66. The summed E-state index contributed by atoms with van der Waals surface area (Å²) in [6.07, 6.45) is 0. The number of rotatable bonds is 3. The number of hydrogen-bond acceptors (Lipinski definition) is 3. The summed E-state index contributed by atoms with van der Waals surface area (Å²) in [7, 11) is 0. The van der Waals surface area contributed by atoms with Gasteiger partial charge in [0.25, 0.3) is 11.8 Å². The minimum Gasteiger partial charge on any atom is -0.482 e. The highest BCUT2D eigenvalue weighted by Crippen LogP contribution is 2.28. The van der Waals surface area contributed by atoms with E-state index < -0.39 is 0 Å². The van der Waals surface area contributed by atoms with E-state index in [4.69, 9.17) is 4.74 Å². The number of carbonyl (C=O) groups is 2. The minimum absolute atomic E-state index is 0.0388. The molecule has 1 heterocycles. The second-order valence-electron chi connectivity index (χ2n) is 4.72. The van der Waals surface area contributed by atoms with Crippen molar-refractivity contribution in [2.45, 2.75) is 6.54 Å². The molecule has 0 saturated heterocycles. The van der Waals surface area contributed by atoms with Gasteiger partial charge in [-0.15, -0.1) is 0 Å². The molecule has 0 atom stereocenters. The Balaban J connectivity index is 1.67. The maximum Gasteiger partial charge on any atom is 0.262 e. The lowest BCUT2D eigenvalue weighted by Gasteiger charge is -2.18. The molecule has 0 radical (unpaired) electrons. The van der Waals surface area contributed by atoms with Crippen LogP contribution in [-0.4, -0.2) is 18.4 Å². The molecule has 3 rings (SSSR count). The first kappa shape index (κ1) is 13.2. The predicted octanol–water partition coefficient (Wildman–Crippen LogP) is 1.95. The lowest BCUT2D eigenvalue weighted by atomic mass is 10.1. The number of benzene rings is 2. The summed E-state index contributed by atoms with van der Waals surface area (Å²) in [6, 6.07) is 14.5. The number of hydrogen-bond donors (Lipinski definition) is 2. The van der Waals surface area contributed by atoms with Crippen molar-refractivity contribution in [2.24, 2.45) is 0 Å². The lowest BCUT2D eigenvalue weighted by Crippen LogP contribution is -2.26. The van der Waals surface area contributed by atoms with E-state index in [0.29, 0.717) is 23.5 Å². The highest BCUT2D eigenvalue weighted by molar-refractivity contribution is 5.95. The Morgan fingerprint density at radius 2 is 2.00 bits per heavy atom. The molecule has 0 saturated carbocycles. The smallest absolute Gasteiger partial charge is 0.262 e. The van der Waals surface area contributed by atoms with Crippen LogP contribution < -0.4 is 15.4 Å². The van der Waals surface area contributed by atoms with Crippen molar-refractivity contribution in [1.29, 1.82) is 0 Å². The van der Waals surface area contributed by atoms with Crippen LogP contribution in [0.15, 0.2) is 48.5 Å². The van der Waals surface area contributed by atoms with Crippen molar-refractivity contribution in [2.75, 3.05) is 11.9 Å². The maximum absolute atomic E-state index is 12.0.